The van der Waals surface area contributed by atoms with Crippen molar-refractivity contribution >= 4 is 5.57 Å². The van der Waals surface area contributed by atoms with E-state index in [1.165, 1.54) is 23.1 Å². The number of hydrogen-bond acceptors (Lipinski definition) is 2. The van der Waals surface area contributed by atoms with Gasteiger partial charge in [0.25, 0.3) is 0 Å². The Morgan fingerprint density at radius 1 is 0.839 bits per heavy atom. The number of halogens is 1. The van der Waals surface area contributed by atoms with Gasteiger partial charge in [0.1, 0.15) is 11.6 Å². The minimum atomic E-state index is -0.203. The lowest BCUT2D eigenvalue weighted by atomic mass is 9.62. The monoisotopic (exact) mass is 417 g/mol. The Balaban J connectivity index is 1.85. The zero-order valence-electron chi connectivity index (χ0n) is 19.5. The van der Waals surface area contributed by atoms with Crippen LogP contribution in [0.2, 0.25) is 0 Å². The van der Waals surface area contributed by atoms with Gasteiger partial charge in [0.15, 0.2) is 0 Å². The van der Waals surface area contributed by atoms with Crippen LogP contribution in [0.5, 0.6) is 0 Å². The van der Waals surface area contributed by atoms with E-state index in [0.29, 0.717) is 0 Å². The van der Waals surface area contributed by atoms with Gasteiger partial charge in [-0.2, -0.15) is 0 Å². The maximum Gasteiger partial charge on any atom is 0.141 e. The Kier molecular flexibility index (Phi) is 5.41. The highest BCUT2D eigenvalue weighted by molar-refractivity contribution is 5.83. The maximum atomic E-state index is 13.7. The number of benzene rings is 2. The van der Waals surface area contributed by atoms with Crippen molar-refractivity contribution in [2.24, 2.45) is 10.8 Å². The lowest BCUT2D eigenvalue weighted by Gasteiger charge is -2.43. The van der Waals surface area contributed by atoms with E-state index >= 15 is 0 Å². The molecule has 3 heteroatoms. The van der Waals surface area contributed by atoms with Crippen molar-refractivity contribution in [3.8, 4) is 11.1 Å². The van der Waals surface area contributed by atoms with Crippen molar-refractivity contribution in [2.45, 2.75) is 60.8 Å². The van der Waals surface area contributed by atoms with Gasteiger partial charge in [0, 0.05) is 5.56 Å². The lowest BCUT2D eigenvalue weighted by molar-refractivity contribution is 0.154. The van der Waals surface area contributed by atoms with Crippen LogP contribution in [0.25, 0.3) is 16.7 Å². The molecule has 1 aliphatic rings. The number of aromatic nitrogens is 1. The van der Waals surface area contributed by atoms with Crippen molar-refractivity contribution in [3.63, 3.8) is 0 Å². The van der Waals surface area contributed by atoms with Crippen LogP contribution in [0.1, 0.15) is 69.5 Å². The fraction of sp³-hybridized carbons (Fsp3) is 0.393. The predicted octanol–water partition coefficient (Wildman–Crippen LogP) is 8.14. The molecular formula is C28H32FNO. The zero-order chi connectivity index (χ0) is 22.4. The molecule has 3 aromatic rings. The first-order valence-electron chi connectivity index (χ1n) is 11.1. The van der Waals surface area contributed by atoms with E-state index in [-0.39, 0.29) is 16.6 Å². The molecule has 1 heterocycles. The molecule has 0 saturated heterocycles. The average Bonchev–Trinajstić information content (AvgIpc) is 3.00. The zero-order valence-corrected chi connectivity index (χ0v) is 19.5. The van der Waals surface area contributed by atoms with Crippen molar-refractivity contribution in [3.05, 3.63) is 82.5 Å². The SMILES string of the molecule is Cc1noc(C)c1-c1ccc(C(=C2CC(C)(C)CC(C)(C)C2)c2ccc(F)cc2)cc1. The van der Waals surface area contributed by atoms with Gasteiger partial charge in [0.05, 0.1) is 5.69 Å². The lowest BCUT2D eigenvalue weighted by Crippen LogP contribution is -2.30. The first kappa shape index (κ1) is 21.5. The van der Waals surface area contributed by atoms with Gasteiger partial charge < -0.3 is 4.52 Å². The molecule has 1 aromatic heterocycles. The molecule has 1 saturated carbocycles. The van der Waals surface area contributed by atoms with Gasteiger partial charge in [-0.1, -0.05) is 74.8 Å². The van der Waals surface area contributed by atoms with E-state index in [4.69, 9.17) is 4.52 Å². The van der Waals surface area contributed by atoms with Gasteiger partial charge in [0.2, 0.25) is 0 Å². The first-order valence-corrected chi connectivity index (χ1v) is 11.1. The van der Waals surface area contributed by atoms with E-state index in [9.17, 15) is 4.39 Å². The van der Waals surface area contributed by atoms with Crippen LogP contribution < -0.4 is 0 Å². The second-order valence-corrected chi connectivity index (χ2v) is 10.6. The third kappa shape index (κ3) is 4.51. The molecule has 0 aliphatic heterocycles. The summed E-state index contributed by atoms with van der Waals surface area (Å²) in [5.41, 5.74) is 8.48. The minimum absolute atomic E-state index is 0.203. The van der Waals surface area contributed by atoms with Crippen LogP contribution in [0.15, 0.2) is 58.6 Å². The Morgan fingerprint density at radius 2 is 1.35 bits per heavy atom. The van der Waals surface area contributed by atoms with E-state index in [1.54, 1.807) is 12.1 Å². The normalized spacial score (nSPS) is 17.6. The predicted molar refractivity (Wildman–Crippen MR) is 125 cm³/mol. The summed E-state index contributed by atoms with van der Waals surface area (Å²) in [6, 6.07) is 15.6. The van der Waals surface area contributed by atoms with Crippen LogP contribution in [-0.4, -0.2) is 5.16 Å². The highest BCUT2D eigenvalue weighted by atomic mass is 19.1. The summed E-state index contributed by atoms with van der Waals surface area (Å²) in [7, 11) is 0. The summed E-state index contributed by atoms with van der Waals surface area (Å²) in [4.78, 5) is 0. The molecule has 0 bridgehead atoms. The van der Waals surface area contributed by atoms with Crippen LogP contribution in [0, 0.1) is 30.5 Å². The molecule has 162 valence electrons. The summed E-state index contributed by atoms with van der Waals surface area (Å²) < 4.78 is 19.0. The standard InChI is InChI=1S/C28H32FNO/c1-18-25(19(2)31-30-18)20-7-9-21(10-8-20)26(22-11-13-24(29)14-12-22)23-15-27(3,4)17-28(5,6)16-23/h7-14H,15-17H2,1-6H3. The second-order valence-electron chi connectivity index (χ2n) is 10.6. The Morgan fingerprint density at radius 3 is 1.84 bits per heavy atom. The highest BCUT2D eigenvalue weighted by Crippen LogP contribution is 2.51. The van der Waals surface area contributed by atoms with Gasteiger partial charge >= 0.3 is 0 Å². The molecule has 4 rings (SSSR count). The average molecular weight is 418 g/mol. The molecule has 0 amide bonds. The largest absolute Gasteiger partial charge is 0.361 e. The summed E-state index contributed by atoms with van der Waals surface area (Å²) in [6.07, 6.45) is 3.30. The first-order chi connectivity index (χ1) is 14.5. The molecule has 0 radical (unpaired) electrons. The molecule has 2 nitrogen and oxygen atoms in total. The van der Waals surface area contributed by atoms with E-state index < -0.39 is 0 Å². The molecule has 1 aliphatic carbocycles. The van der Waals surface area contributed by atoms with Crippen LogP contribution in [-0.2, 0) is 0 Å². The smallest absolute Gasteiger partial charge is 0.141 e. The van der Waals surface area contributed by atoms with E-state index in [0.717, 1.165) is 41.0 Å². The molecule has 2 aromatic carbocycles. The van der Waals surface area contributed by atoms with Crippen molar-refractivity contribution in [1.82, 2.24) is 5.16 Å². The number of rotatable bonds is 3. The van der Waals surface area contributed by atoms with Gasteiger partial charge in [-0.05, 0) is 78.3 Å². The number of aryl methyl sites for hydroxylation is 2. The summed E-state index contributed by atoms with van der Waals surface area (Å²) >= 11 is 0. The summed E-state index contributed by atoms with van der Waals surface area (Å²) in [5, 5.41) is 4.09. The quantitative estimate of drug-likeness (QED) is 0.430. The minimum Gasteiger partial charge on any atom is -0.361 e. The van der Waals surface area contributed by atoms with Gasteiger partial charge in [-0.15, -0.1) is 0 Å². The molecule has 31 heavy (non-hydrogen) atoms. The van der Waals surface area contributed by atoms with E-state index in [1.807, 2.05) is 26.0 Å². The summed E-state index contributed by atoms with van der Waals surface area (Å²) in [6.45, 7) is 13.3. The fourth-order valence-corrected chi connectivity index (χ4v) is 5.71. The topological polar surface area (TPSA) is 26.0 Å². The Bertz CT molecular complexity index is 1080. The van der Waals surface area contributed by atoms with Crippen molar-refractivity contribution in [2.75, 3.05) is 0 Å². The molecule has 0 N–H and O–H groups in total. The molecule has 0 spiro atoms. The second kappa shape index (κ2) is 7.78. The van der Waals surface area contributed by atoms with Crippen molar-refractivity contribution < 1.29 is 8.91 Å². The van der Waals surface area contributed by atoms with Crippen molar-refractivity contribution in [1.29, 1.82) is 0 Å². The molecule has 0 atom stereocenters. The Labute approximate surface area is 185 Å². The Hall–Kier alpha value is -2.68. The van der Waals surface area contributed by atoms with Crippen LogP contribution in [0.3, 0.4) is 0 Å². The molecule has 0 unspecified atom stereocenters. The molecular weight excluding hydrogens is 385 g/mol. The maximum absolute atomic E-state index is 13.7. The number of hydrogen-bond donors (Lipinski definition) is 0. The van der Waals surface area contributed by atoms with Gasteiger partial charge in [-0.25, -0.2) is 4.39 Å². The molecule has 1 fully saturated rings. The third-order valence-corrected chi connectivity index (χ3v) is 6.32. The third-order valence-electron chi connectivity index (χ3n) is 6.32. The van der Waals surface area contributed by atoms with E-state index in [2.05, 4.69) is 57.1 Å². The van der Waals surface area contributed by atoms with Crippen LogP contribution in [0.4, 0.5) is 4.39 Å². The van der Waals surface area contributed by atoms with Crippen LogP contribution >= 0.6 is 0 Å². The number of allylic oxidation sites excluding steroid dienone is 1. The number of nitrogens with zero attached hydrogens (tertiary/aromatic N) is 1. The fourth-order valence-electron chi connectivity index (χ4n) is 5.71. The highest BCUT2D eigenvalue weighted by Gasteiger charge is 2.37. The van der Waals surface area contributed by atoms with Gasteiger partial charge in [-0.3, -0.25) is 0 Å². The summed E-state index contributed by atoms with van der Waals surface area (Å²) in [5.74, 6) is 0.629.